The van der Waals surface area contributed by atoms with E-state index < -0.39 is 6.10 Å². The number of unbranched alkanes of at least 4 members (excludes halogenated alkanes) is 11. The topological polar surface area (TPSA) is 82.1 Å². The van der Waals surface area contributed by atoms with Crippen LogP contribution in [0.3, 0.4) is 0 Å². The van der Waals surface area contributed by atoms with Gasteiger partial charge in [0.2, 0.25) is 0 Å². The lowest BCUT2D eigenvalue weighted by molar-refractivity contribution is -0.148. The minimum Gasteiger partial charge on any atom is -0.466 e. The van der Waals surface area contributed by atoms with E-state index in [2.05, 4.69) is 55.5 Å². The lowest BCUT2D eigenvalue weighted by atomic mass is 9.85. The molecule has 0 aromatic heterocycles. The number of benzene rings is 1. The molecule has 1 N–H and O–H groups in total. The van der Waals surface area contributed by atoms with Gasteiger partial charge >= 0.3 is 11.9 Å². The Kier molecular flexibility index (Phi) is 23.8. The van der Waals surface area contributed by atoms with Gasteiger partial charge in [-0.25, -0.2) is 0 Å². The molecule has 1 aromatic rings. The number of aliphatic hydroxyl groups is 1. The molecular formula is C42H68O6. The molecule has 0 saturated heterocycles. The smallest absolute Gasteiger partial charge is 0.305 e. The highest BCUT2D eigenvalue weighted by molar-refractivity contribution is 5.69. The lowest BCUT2D eigenvalue weighted by Crippen LogP contribution is -2.27. The van der Waals surface area contributed by atoms with Crippen LogP contribution in [0, 0.1) is 11.8 Å². The Morgan fingerprint density at radius 1 is 0.833 bits per heavy atom. The van der Waals surface area contributed by atoms with Crippen LogP contribution < -0.4 is 0 Å². The van der Waals surface area contributed by atoms with Gasteiger partial charge in [-0.3, -0.25) is 9.59 Å². The van der Waals surface area contributed by atoms with Crippen LogP contribution in [0.25, 0.3) is 0 Å². The fraction of sp³-hybridized carbons (Fsp3) is 0.714. The van der Waals surface area contributed by atoms with Gasteiger partial charge in [0.25, 0.3) is 0 Å². The van der Waals surface area contributed by atoms with Crippen molar-refractivity contribution in [2.45, 2.75) is 167 Å². The summed E-state index contributed by atoms with van der Waals surface area (Å²) in [5.41, 5.74) is 1.30. The van der Waals surface area contributed by atoms with Crippen LogP contribution in [-0.2, 0) is 30.2 Å². The van der Waals surface area contributed by atoms with E-state index in [9.17, 15) is 14.7 Å². The predicted molar refractivity (Wildman–Crippen MR) is 197 cm³/mol. The molecule has 1 saturated carbocycles. The third kappa shape index (κ3) is 19.5. The first-order valence-electron chi connectivity index (χ1n) is 19.3. The quantitative estimate of drug-likeness (QED) is 0.0544. The molecule has 5 atom stereocenters. The molecule has 1 aliphatic carbocycles. The predicted octanol–water partition coefficient (Wildman–Crippen LogP) is 10.3. The molecule has 1 aromatic carbocycles. The molecule has 0 spiro atoms. The summed E-state index contributed by atoms with van der Waals surface area (Å²) in [7, 11) is 1.76. The monoisotopic (exact) mass is 669 g/mol. The van der Waals surface area contributed by atoms with Crippen molar-refractivity contribution >= 4 is 11.9 Å². The largest absolute Gasteiger partial charge is 0.466 e. The van der Waals surface area contributed by atoms with Crippen molar-refractivity contribution < 1.29 is 28.9 Å². The summed E-state index contributed by atoms with van der Waals surface area (Å²) in [6.07, 6.45) is 29.9. The van der Waals surface area contributed by atoms with E-state index in [1.54, 1.807) is 7.11 Å². The van der Waals surface area contributed by atoms with E-state index in [1.807, 2.05) is 6.07 Å². The standard InChI is InChI=1S/C42H68O6/c1-4-5-6-7-8-9-10-11-12-13-14-15-18-24-33-47-42(45)28-23-17-16-22-27-38-39(41(34-40(38)44)48-35(2)43)32-31-37(46-3)30-29-36-25-20-19-21-26-36/h9-10,16,19-22,25-26,37-41,44H,4-8,11-15,17-18,23-24,27-34H2,1-3H3/b10-9+,22-16-/t37-,38+,39+,40-,41+/m0/s1. The average molecular weight is 669 g/mol. The lowest BCUT2D eigenvalue weighted by Gasteiger charge is -2.26. The third-order valence-electron chi connectivity index (χ3n) is 9.81. The van der Waals surface area contributed by atoms with E-state index in [0.717, 1.165) is 57.8 Å². The zero-order valence-electron chi connectivity index (χ0n) is 30.6. The molecule has 48 heavy (non-hydrogen) atoms. The first-order valence-corrected chi connectivity index (χ1v) is 19.3. The summed E-state index contributed by atoms with van der Waals surface area (Å²) in [6.45, 7) is 4.22. The Labute approximate surface area is 293 Å². The molecule has 0 amide bonds. The highest BCUT2D eigenvalue weighted by Gasteiger charge is 2.43. The number of ether oxygens (including phenoxy) is 3. The van der Waals surface area contributed by atoms with Gasteiger partial charge in [-0.05, 0) is 88.5 Å². The van der Waals surface area contributed by atoms with Gasteiger partial charge in [-0.1, -0.05) is 107 Å². The summed E-state index contributed by atoms with van der Waals surface area (Å²) >= 11 is 0. The van der Waals surface area contributed by atoms with Crippen molar-refractivity contribution in [3.05, 3.63) is 60.2 Å². The number of carbonyl (C=O) groups is 2. The molecule has 6 nitrogen and oxygen atoms in total. The van der Waals surface area contributed by atoms with E-state index in [0.29, 0.717) is 19.4 Å². The Morgan fingerprint density at radius 3 is 2.17 bits per heavy atom. The number of allylic oxidation sites excluding steroid dienone is 4. The van der Waals surface area contributed by atoms with Crippen molar-refractivity contribution in [1.29, 1.82) is 0 Å². The van der Waals surface area contributed by atoms with Crippen LogP contribution in [0.4, 0.5) is 0 Å². The number of hydrogen-bond donors (Lipinski definition) is 1. The zero-order chi connectivity index (χ0) is 34.7. The number of esters is 2. The van der Waals surface area contributed by atoms with Gasteiger partial charge in [0.15, 0.2) is 0 Å². The number of methoxy groups -OCH3 is 1. The Morgan fingerprint density at radius 2 is 1.48 bits per heavy atom. The molecule has 0 heterocycles. The first kappa shape index (κ1) is 41.7. The number of aliphatic hydroxyl groups excluding tert-OH is 1. The van der Waals surface area contributed by atoms with Crippen LogP contribution in [0.5, 0.6) is 0 Å². The van der Waals surface area contributed by atoms with Gasteiger partial charge in [0, 0.05) is 32.8 Å². The molecular weight excluding hydrogens is 600 g/mol. The zero-order valence-corrected chi connectivity index (χ0v) is 30.6. The molecule has 2 rings (SSSR count). The maximum Gasteiger partial charge on any atom is 0.305 e. The van der Waals surface area contributed by atoms with Crippen molar-refractivity contribution in [1.82, 2.24) is 0 Å². The van der Waals surface area contributed by atoms with Crippen LogP contribution in [0.15, 0.2) is 54.6 Å². The van der Waals surface area contributed by atoms with Crippen molar-refractivity contribution in [3.63, 3.8) is 0 Å². The van der Waals surface area contributed by atoms with Gasteiger partial charge in [0.1, 0.15) is 6.10 Å². The fourth-order valence-electron chi connectivity index (χ4n) is 6.95. The van der Waals surface area contributed by atoms with Crippen molar-refractivity contribution in [2.24, 2.45) is 11.8 Å². The molecule has 272 valence electrons. The van der Waals surface area contributed by atoms with Crippen LogP contribution in [-0.4, -0.2) is 49.1 Å². The summed E-state index contributed by atoms with van der Waals surface area (Å²) in [5.74, 6) is -0.288. The second-order valence-corrected chi connectivity index (χ2v) is 13.8. The minimum atomic E-state index is -0.503. The number of aryl methyl sites for hydroxylation is 1. The second kappa shape index (κ2) is 27.4. The molecule has 6 heteroatoms. The summed E-state index contributed by atoms with van der Waals surface area (Å²) < 4.78 is 16.9. The molecule has 0 unspecified atom stereocenters. The van der Waals surface area contributed by atoms with Gasteiger partial charge in [-0.2, -0.15) is 0 Å². The highest BCUT2D eigenvalue weighted by Crippen LogP contribution is 2.40. The average Bonchev–Trinajstić information content (AvgIpc) is 3.37. The van der Waals surface area contributed by atoms with Crippen LogP contribution in [0.2, 0.25) is 0 Å². The molecule has 0 radical (unpaired) electrons. The Bertz CT molecular complexity index is 1000. The molecule has 0 bridgehead atoms. The minimum absolute atomic E-state index is 0.0316. The highest BCUT2D eigenvalue weighted by atomic mass is 16.5. The second-order valence-electron chi connectivity index (χ2n) is 13.8. The SMILES string of the molecule is CCCCCC/C=C/CCCCCCCCOC(=O)CCC/C=C\C[C@@H]1[C@@H](CC[C@H](CCc2ccccc2)OC)[C@H](OC(C)=O)C[C@@H]1O. The van der Waals surface area contributed by atoms with Gasteiger partial charge in [-0.15, -0.1) is 0 Å². The third-order valence-corrected chi connectivity index (χ3v) is 9.81. The van der Waals surface area contributed by atoms with Gasteiger partial charge < -0.3 is 19.3 Å². The number of hydrogen-bond acceptors (Lipinski definition) is 6. The number of carbonyl (C=O) groups excluding carboxylic acids is 2. The van der Waals surface area contributed by atoms with E-state index in [-0.39, 0.29) is 36.0 Å². The van der Waals surface area contributed by atoms with Crippen LogP contribution in [0.1, 0.15) is 148 Å². The van der Waals surface area contributed by atoms with E-state index in [1.165, 1.54) is 76.7 Å². The molecule has 1 aliphatic rings. The van der Waals surface area contributed by atoms with Crippen LogP contribution >= 0.6 is 0 Å². The summed E-state index contributed by atoms with van der Waals surface area (Å²) in [6, 6.07) is 10.4. The summed E-state index contributed by atoms with van der Waals surface area (Å²) in [4.78, 5) is 24.0. The maximum absolute atomic E-state index is 12.2. The molecule has 1 fully saturated rings. The van der Waals surface area contributed by atoms with E-state index >= 15 is 0 Å². The summed E-state index contributed by atoms with van der Waals surface area (Å²) in [5, 5.41) is 10.9. The van der Waals surface area contributed by atoms with E-state index in [4.69, 9.17) is 14.2 Å². The Hall–Kier alpha value is -2.44. The normalized spacial score (nSPS) is 20.1. The van der Waals surface area contributed by atoms with Crippen molar-refractivity contribution in [3.8, 4) is 0 Å². The maximum atomic E-state index is 12.2. The number of rotatable bonds is 28. The van der Waals surface area contributed by atoms with Gasteiger partial charge in [0.05, 0.1) is 18.8 Å². The molecule has 0 aliphatic heterocycles. The first-order chi connectivity index (χ1) is 23.4. The van der Waals surface area contributed by atoms with Crippen molar-refractivity contribution in [2.75, 3.05) is 13.7 Å². The Balaban J connectivity index is 1.57. The fourth-order valence-corrected chi connectivity index (χ4v) is 6.95.